The molecule has 0 spiro atoms. The largest absolute Gasteiger partial charge is 0.383 e. The molecule has 2 aliphatic carbocycles. The molecule has 0 bridgehead atoms. The first-order valence-corrected chi connectivity index (χ1v) is 9.06. The minimum absolute atomic E-state index is 0.202. The Balaban J connectivity index is 1.63. The van der Waals surface area contributed by atoms with Gasteiger partial charge in [-0.1, -0.05) is 19.3 Å². The molecule has 3 N–H and O–H groups in total. The van der Waals surface area contributed by atoms with Crippen molar-refractivity contribution in [1.82, 2.24) is 4.98 Å². The molecular formula is C14H21N3S2. The third-order valence-corrected chi connectivity index (χ3v) is 6.57. The molecular weight excluding hydrogens is 274 g/mol. The number of thiazole rings is 1. The molecule has 0 amide bonds. The van der Waals surface area contributed by atoms with Crippen LogP contribution in [0.2, 0.25) is 0 Å². The van der Waals surface area contributed by atoms with Gasteiger partial charge in [0.25, 0.3) is 0 Å². The summed E-state index contributed by atoms with van der Waals surface area (Å²) in [5.74, 6) is 1.79. The average molecular weight is 295 g/mol. The Morgan fingerprint density at radius 2 is 2.00 bits per heavy atom. The number of nitrogens with one attached hydrogen (secondary N) is 1. The van der Waals surface area contributed by atoms with Gasteiger partial charge in [0.1, 0.15) is 10.8 Å². The molecule has 3 nitrogen and oxygen atoms in total. The molecule has 5 heteroatoms. The van der Waals surface area contributed by atoms with Crippen LogP contribution in [0.25, 0.3) is 0 Å². The Kier molecular flexibility index (Phi) is 4.12. The monoisotopic (exact) mass is 295 g/mol. The highest BCUT2D eigenvalue weighted by Crippen LogP contribution is 2.43. The van der Waals surface area contributed by atoms with Gasteiger partial charge in [0.05, 0.1) is 10.6 Å². The van der Waals surface area contributed by atoms with E-state index in [0.29, 0.717) is 5.92 Å². The molecule has 2 aliphatic rings. The van der Waals surface area contributed by atoms with E-state index >= 15 is 0 Å². The average Bonchev–Trinajstić information content (AvgIpc) is 3.17. The molecule has 3 rings (SSSR count). The van der Waals surface area contributed by atoms with Crippen molar-refractivity contribution < 1.29 is 0 Å². The molecule has 19 heavy (non-hydrogen) atoms. The molecule has 0 aliphatic heterocycles. The standard InChI is InChI=1S/C14H21N3S2/c15-14(16)13-12(9-6-7-9)17-11(19-13)8-18-10-4-2-1-3-5-10/h9-10H,1-8H2,(H3,15,16). The molecule has 0 atom stereocenters. The second-order valence-corrected chi connectivity index (χ2v) is 7.95. The predicted molar refractivity (Wildman–Crippen MR) is 83.3 cm³/mol. The van der Waals surface area contributed by atoms with Gasteiger partial charge in [-0.2, -0.15) is 11.8 Å². The van der Waals surface area contributed by atoms with Gasteiger partial charge < -0.3 is 5.73 Å². The van der Waals surface area contributed by atoms with Crippen molar-refractivity contribution in [2.24, 2.45) is 5.73 Å². The third kappa shape index (κ3) is 3.31. The van der Waals surface area contributed by atoms with E-state index in [0.717, 1.165) is 21.6 Å². The Hall–Kier alpha value is -0.550. The van der Waals surface area contributed by atoms with Gasteiger partial charge >= 0.3 is 0 Å². The maximum absolute atomic E-state index is 7.68. The van der Waals surface area contributed by atoms with Crippen LogP contribution in [0.15, 0.2) is 0 Å². The van der Waals surface area contributed by atoms with E-state index in [9.17, 15) is 0 Å². The highest BCUT2D eigenvalue weighted by Gasteiger charge is 2.30. The first kappa shape index (κ1) is 13.4. The van der Waals surface area contributed by atoms with E-state index < -0.39 is 0 Å². The Labute approximate surface area is 122 Å². The zero-order valence-corrected chi connectivity index (χ0v) is 12.8. The molecule has 1 aromatic rings. The summed E-state index contributed by atoms with van der Waals surface area (Å²) in [5.41, 5.74) is 6.79. The molecule has 0 unspecified atom stereocenters. The number of nitrogen functional groups attached to an aromatic ring is 1. The lowest BCUT2D eigenvalue weighted by Crippen LogP contribution is -2.11. The number of amidine groups is 1. The van der Waals surface area contributed by atoms with Crippen molar-refractivity contribution in [1.29, 1.82) is 5.41 Å². The van der Waals surface area contributed by atoms with Crippen LogP contribution < -0.4 is 5.73 Å². The normalized spacial score (nSPS) is 20.6. The second-order valence-electron chi connectivity index (χ2n) is 5.58. The topological polar surface area (TPSA) is 62.8 Å². The molecule has 0 saturated heterocycles. The molecule has 2 saturated carbocycles. The number of nitrogens with two attached hydrogens (primary N) is 1. The van der Waals surface area contributed by atoms with Crippen molar-refractivity contribution in [3.05, 3.63) is 15.6 Å². The fourth-order valence-electron chi connectivity index (χ4n) is 2.69. The fraction of sp³-hybridized carbons (Fsp3) is 0.714. The van der Waals surface area contributed by atoms with E-state index in [2.05, 4.69) is 11.8 Å². The van der Waals surface area contributed by atoms with Crippen LogP contribution in [-0.4, -0.2) is 16.1 Å². The SMILES string of the molecule is N=C(N)c1sc(CSC2CCCCC2)nc1C1CC1. The summed E-state index contributed by atoms with van der Waals surface area (Å²) >= 11 is 3.70. The van der Waals surface area contributed by atoms with Crippen LogP contribution >= 0.6 is 23.1 Å². The van der Waals surface area contributed by atoms with Gasteiger partial charge in [-0.15, -0.1) is 11.3 Å². The Bertz CT molecular complexity index is 459. The number of hydrogen-bond acceptors (Lipinski definition) is 4. The van der Waals surface area contributed by atoms with Crippen LogP contribution in [0.3, 0.4) is 0 Å². The van der Waals surface area contributed by atoms with Gasteiger partial charge in [0.15, 0.2) is 0 Å². The van der Waals surface area contributed by atoms with Crippen LogP contribution in [0.5, 0.6) is 0 Å². The maximum Gasteiger partial charge on any atom is 0.135 e. The summed E-state index contributed by atoms with van der Waals surface area (Å²) < 4.78 is 0. The zero-order chi connectivity index (χ0) is 13.2. The Morgan fingerprint density at radius 3 is 2.63 bits per heavy atom. The number of thioether (sulfide) groups is 1. The number of nitrogens with zero attached hydrogens (tertiary/aromatic N) is 1. The maximum atomic E-state index is 7.68. The van der Waals surface area contributed by atoms with Crippen molar-refractivity contribution in [2.75, 3.05) is 0 Å². The summed E-state index contributed by atoms with van der Waals surface area (Å²) in [6.45, 7) is 0. The van der Waals surface area contributed by atoms with Gasteiger partial charge in [0, 0.05) is 16.9 Å². The van der Waals surface area contributed by atoms with Crippen LogP contribution in [0.4, 0.5) is 0 Å². The zero-order valence-electron chi connectivity index (χ0n) is 11.2. The highest BCUT2D eigenvalue weighted by atomic mass is 32.2. The first-order valence-electron chi connectivity index (χ1n) is 7.19. The van der Waals surface area contributed by atoms with E-state index in [-0.39, 0.29) is 5.84 Å². The highest BCUT2D eigenvalue weighted by molar-refractivity contribution is 7.99. The van der Waals surface area contributed by atoms with Crippen molar-refractivity contribution in [3.8, 4) is 0 Å². The summed E-state index contributed by atoms with van der Waals surface area (Å²) in [7, 11) is 0. The van der Waals surface area contributed by atoms with Crippen molar-refractivity contribution in [2.45, 2.75) is 61.9 Å². The molecule has 0 aromatic carbocycles. The van der Waals surface area contributed by atoms with Crippen LogP contribution in [-0.2, 0) is 5.75 Å². The Morgan fingerprint density at radius 1 is 1.26 bits per heavy atom. The number of aromatic nitrogens is 1. The molecule has 1 heterocycles. The van der Waals surface area contributed by atoms with Gasteiger partial charge in [-0.25, -0.2) is 4.98 Å². The van der Waals surface area contributed by atoms with Crippen LogP contribution in [0.1, 0.15) is 66.4 Å². The lowest BCUT2D eigenvalue weighted by molar-refractivity contribution is 0.516. The second kappa shape index (κ2) is 5.83. The smallest absolute Gasteiger partial charge is 0.135 e. The summed E-state index contributed by atoms with van der Waals surface area (Å²) in [6, 6.07) is 0. The van der Waals surface area contributed by atoms with E-state index in [1.807, 2.05) is 0 Å². The minimum Gasteiger partial charge on any atom is -0.383 e. The quantitative estimate of drug-likeness (QED) is 0.640. The van der Waals surface area contributed by atoms with E-state index in [1.54, 1.807) is 11.3 Å². The third-order valence-electron chi connectivity index (χ3n) is 3.90. The fourth-order valence-corrected chi connectivity index (χ4v) is 5.04. The number of hydrogen-bond donors (Lipinski definition) is 2. The van der Waals surface area contributed by atoms with Gasteiger partial charge in [-0.05, 0) is 25.7 Å². The van der Waals surface area contributed by atoms with Gasteiger partial charge in [-0.3, -0.25) is 5.41 Å². The summed E-state index contributed by atoms with van der Waals surface area (Å²) in [6.07, 6.45) is 9.37. The first-order chi connectivity index (χ1) is 9.24. The summed E-state index contributed by atoms with van der Waals surface area (Å²) in [4.78, 5) is 5.69. The van der Waals surface area contributed by atoms with Crippen LogP contribution in [0, 0.1) is 5.41 Å². The molecule has 104 valence electrons. The van der Waals surface area contributed by atoms with Crippen molar-refractivity contribution >= 4 is 28.9 Å². The minimum atomic E-state index is 0.202. The molecule has 1 aromatic heterocycles. The molecule has 2 fully saturated rings. The lowest BCUT2D eigenvalue weighted by atomic mass is 10.0. The van der Waals surface area contributed by atoms with E-state index in [4.69, 9.17) is 16.1 Å². The summed E-state index contributed by atoms with van der Waals surface area (Å²) in [5, 5.41) is 9.67. The van der Waals surface area contributed by atoms with Crippen molar-refractivity contribution in [3.63, 3.8) is 0 Å². The van der Waals surface area contributed by atoms with Gasteiger partial charge in [0.2, 0.25) is 0 Å². The lowest BCUT2D eigenvalue weighted by Gasteiger charge is -2.20. The number of rotatable bonds is 5. The predicted octanol–water partition coefficient (Wildman–Crippen LogP) is 3.87. The molecule has 0 radical (unpaired) electrons. The van der Waals surface area contributed by atoms with E-state index in [1.165, 1.54) is 50.0 Å².